The van der Waals surface area contributed by atoms with Gasteiger partial charge in [0.1, 0.15) is 5.69 Å². The number of hydrogen-bond acceptors (Lipinski definition) is 8. The van der Waals surface area contributed by atoms with Gasteiger partial charge in [-0.2, -0.15) is 18.3 Å². The highest BCUT2D eigenvalue weighted by atomic mass is 35.5. The van der Waals surface area contributed by atoms with Crippen LogP contribution in [0.25, 0.3) is 16.9 Å². The highest BCUT2D eigenvalue weighted by Gasteiger charge is 2.37. The van der Waals surface area contributed by atoms with Gasteiger partial charge in [0.2, 0.25) is 0 Å². The van der Waals surface area contributed by atoms with Gasteiger partial charge in [-0.3, -0.25) is 19.1 Å². The van der Waals surface area contributed by atoms with Crippen molar-refractivity contribution in [2.24, 2.45) is 5.73 Å². The molecule has 0 unspecified atom stereocenters. The quantitative estimate of drug-likeness (QED) is 0.242. The SMILES string of the molecule is N[C@H]1CCN(C(=O)N2CCN(C(=O)c3ccc(Nc4nccn5c(-c6cn[nH]c6C(F)(F)F)cnc45)cc3Cl)CC2)C1.O=CO. The molecule has 0 saturated carbocycles. The van der Waals surface area contributed by atoms with Crippen LogP contribution in [0.1, 0.15) is 22.5 Å². The van der Waals surface area contributed by atoms with E-state index < -0.39 is 11.9 Å². The van der Waals surface area contributed by atoms with Gasteiger partial charge in [-0.1, -0.05) is 11.6 Å². The first-order chi connectivity index (χ1) is 21.5. The number of alkyl halides is 3. The fraction of sp³-hybridized carbons (Fsp3) is 0.333. The zero-order valence-corrected chi connectivity index (χ0v) is 24.3. The second-order valence-corrected chi connectivity index (χ2v) is 10.7. The van der Waals surface area contributed by atoms with E-state index in [0.717, 1.165) is 12.6 Å². The fourth-order valence-corrected chi connectivity index (χ4v) is 5.50. The van der Waals surface area contributed by atoms with E-state index in [-0.39, 0.29) is 52.2 Å². The molecule has 0 spiro atoms. The number of H-pyrrole nitrogens is 1. The Morgan fingerprint density at radius 2 is 1.80 bits per heavy atom. The summed E-state index contributed by atoms with van der Waals surface area (Å²) in [5, 5.41) is 15.7. The van der Waals surface area contributed by atoms with Crippen LogP contribution in [0, 0.1) is 0 Å². The minimum Gasteiger partial charge on any atom is -0.483 e. The first kappa shape index (κ1) is 31.5. The van der Waals surface area contributed by atoms with E-state index >= 15 is 0 Å². The Morgan fingerprint density at radius 1 is 1.09 bits per heavy atom. The summed E-state index contributed by atoms with van der Waals surface area (Å²) in [4.78, 5) is 48.0. The van der Waals surface area contributed by atoms with Crippen LogP contribution in [0.4, 0.5) is 29.5 Å². The van der Waals surface area contributed by atoms with Crippen molar-refractivity contribution in [3.8, 4) is 11.3 Å². The molecule has 1 atom stereocenters. The zero-order valence-electron chi connectivity index (χ0n) is 23.5. The lowest BCUT2D eigenvalue weighted by Gasteiger charge is -2.36. The third-order valence-electron chi connectivity index (χ3n) is 7.42. The van der Waals surface area contributed by atoms with Crippen LogP contribution < -0.4 is 11.1 Å². The van der Waals surface area contributed by atoms with Crippen molar-refractivity contribution in [2.75, 3.05) is 44.6 Å². The number of carboxylic acid groups (broad SMARTS) is 1. The number of aromatic amines is 1. The van der Waals surface area contributed by atoms with Crippen LogP contribution in [-0.2, 0) is 11.0 Å². The molecule has 4 aromatic rings. The summed E-state index contributed by atoms with van der Waals surface area (Å²) in [6.45, 7) is 2.52. The number of amides is 3. The number of nitrogens with zero attached hydrogens (tertiary/aromatic N) is 7. The number of anilines is 2. The van der Waals surface area contributed by atoms with Crippen molar-refractivity contribution in [3.63, 3.8) is 0 Å². The predicted octanol–water partition coefficient (Wildman–Crippen LogP) is 3.15. The average Bonchev–Trinajstić information content (AvgIpc) is 3.77. The predicted molar refractivity (Wildman–Crippen MR) is 156 cm³/mol. The largest absolute Gasteiger partial charge is 0.483 e. The number of rotatable bonds is 4. The van der Waals surface area contributed by atoms with Crippen molar-refractivity contribution in [1.82, 2.24) is 39.3 Å². The van der Waals surface area contributed by atoms with Gasteiger partial charge in [0.05, 0.1) is 34.2 Å². The third kappa shape index (κ3) is 6.63. The normalized spacial score (nSPS) is 16.8. The van der Waals surface area contributed by atoms with E-state index in [1.807, 2.05) is 5.10 Å². The molecule has 14 nitrogen and oxygen atoms in total. The van der Waals surface area contributed by atoms with Gasteiger partial charge in [0, 0.05) is 63.4 Å². The van der Waals surface area contributed by atoms with Crippen LogP contribution in [0.15, 0.2) is 43.0 Å². The Balaban J connectivity index is 0.00000128. The van der Waals surface area contributed by atoms with E-state index in [1.165, 1.54) is 23.0 Å². The van der Waals surface area contributed by atoms with Crippen molar-refractivity contribution in [1.29, 1.82) is 0 Å². The van der Waals surface area contributed by atoms with Gasteiger partial charge in [-0.15, -0.1) is 0 Å². The second-order valence-electron chi connectivity index (χ2n) is 10.3. The number of urea groups is 1. The molecule has 5 heterocycles. The molecule has 3 aromatic heterocycles. The molecule has 0 bridgehead atoms. The molecule has 2 aliphatic rings. The van der Waals surface area contributed by atoms with Crippen molar-refractivity contribution in [3.05, 3.63) is 59.3 Å². The molecular formula is C27H28ClF3N10O4. The number of carbonyl (C=O) groups excluding carboxylic acids is 2. The van der Waals surface area contributed by atoms with E-state index in [9.17, 15) is 22.8 Å². The Bertz CT molecular complexity index is 1700. The molecule has 5 N–H and O–H groups in total. The van der Waals surface area contributed by atoms with Gasteiger partial charge in [0.15, 0.2) is 11.5 Å². The zero-order chi connectivity index (χ0) is 32.3. The first-order valence-electron chi connectivity index (χ1n) is 13.7. The van der Waals surface area contributed by atoms with E-state index in [4.69, 9.17) is 27.2 Å². The number of piperazine rings is 1. The van der Waals surface area contributed by atoms with Gasteiger partial charge in [0.25, 0.3) is 12.4 Å². The van der Waals surface area contributed by atoms with Gasteiger partial charge < -0.3 is 30.9 Å². The number of hydrogen-bond donors (Lipinski definition) is 4. The molecule has 2 saturated heterocycles. The van der Waals surface area contributed by atoms with E-state index in [0.29, 0.717) is 50.5 Å². The van der Waals surface area contributed by atoms with Gasteiger partial charge >= 0.3 is 12.2 Å². The molecule has 45 heavy (non-hydrogen) atoms. The molecule has 0 radical (unpaired) electrons. The number of fused-ring (bicyclic) bond motifs is 1. The number of imidazole rings is 1. The second kappa shape index (κ2) is 13.0. The molecule has 2 fully saturated rings. The number of aromatic nitrogens is 5. The first-order valence-corrected chi connectivity index (χ1v) is 14.1. The van der Waals surface area contributed by atoms with E-state index in [1.54, 1.807) is 32.9 Å². The van der Waals surface area contributed by atoms with Crippen LogP contribution >= 0.6 is 11.6 Å². The van der Waals surface area contributed by atoms with Crippen molar-refractivity contribution in [2.45, 2.75) is 18.6 Å². The maximum Gasteiger partial charge on any atom is 0.433 e. The van der Waals surface area contributed by atoms with Crippen LogP contribution in [0.3, 0.4) is 0 Å². The Labute approximate surface area is 258 Å². The smallest absolute Gasteiger partial charge is 0.433 e. The number of carbonyl (C=O) groups is 3. The summed E-state index contributed by atoms with van der Waals surface area (Å²) >= 11 is 6.51. The molecule has 2 aliphatic heterocycles. The molecule has 238 valence electrons. The van der Waals surface area contributed by atoms with Gasteiger partial charge in [-0.05, 0) is 24.6 Å². The molecule has 1 aromatic carbocycles. The number of benzene rings is 1. The van der Waals surface area contributed by atoms with Crippen molar-refractivity contribution >= 4 is 47.2 Å². The van der Waals surface area contributed by atoms with Crippen LogP contribution in [0.5, 0.6) is 0 Å². The summed E-state index contributed by atoms with van der Waals surface area (Å²) in [5.74, 6) is 0.0243. The summed E-state index contributed by atoms with van der Waals surface area (Å²) < 4.78 is 41.7. The molecule has 0 aliphatic carbocycles. The van der Waals surface area contributed by atoms with Crippen LogP contribution in [0.2, 0.25) is 5.02 Å². The maximum atomic E-state index is 13.4. The number of halogens is 4. The monoisotopic (exact) mass is 648 g/mol. The minimum absolute atomic E-state index is 0.00544. The molecule has 18 heteroatoms. The standard InChI is InChI=1S/C26H26ClF3N10O2.CH2O2/c27-19-11-16(1-2-17(19)24(41)37-7-9-38(10-8-37)25(42)39-5-3-15(31)14-39)35-22-23-33-13-20(40(23)6-4-32-22)18-12-34-36-21(18)26(28,29)30;2-1-3/h1-2,4,6,11-13,15H,3,5,7-10,14,31H2,(H,32,35)(H,34,36);1H,(H,2,3)/t15-;/m0./s1. The molecule has 3 amide bonds. The number of likely N-dealkylation sites (tertiary alicyclic amines) is 1. The van der Waals surface area contributed by atoms with Crippen LogP contribution in [-0.4, -0.2) is 108 Å². The Morgan fingerprint density at radius 3 is 2.44 bits per heavy atom. The number of nitrogens with two attached hydrogens (primary N) is 1. The highest BCUT2D eigenvalue weighted by Crippen LogP contribution is 2.36. The average molecular weight is 649 g/mol. The summed E-state index contributed by atoms with van der Waals surface area (Å²) in [6, 6.07) is 4.77. The Hall–Kier alpha value is -4.90. The lowest BCUT2D eigenvalue weighted by atomic mass is 10.1. The summed E-state index contributed by atoms with van der Waals surface area (Å²) in [5.41, 5.74) is 6.06. The molecule has 6 rings (SSSR count). The highest BCUT2D eigenvalue weighted by molar-refractivity contribution is 6.34. The van der Waals surface area contributed by atoms with E-state index in [2.05, 4.69) is 20.4 Å². The number of nitrogens with one attached hydrogen (secondary N) is 2. The third-order valence-corrected chi connectivity index (χ3v) is 7.73. The maximum absolute atomic E-state index is 13.4. The Kier molecular flexibility index (Phi) is 9.10. The lowest BCUT2D eigenvalue weighted by molar-refractivity contribution is -0.140. The summed E-state index contributed by atoms with van der Waals surface area (Å²) in [7, 11) is 0. The summed E-state index contributed by atoms with van der Waals surface area (Å²) in [6.07, 6.45) is 1.50. The topological polar surface area (TPSA) is 178 Å². The molecular weight excluding hydrogens is 621 g/mol. The fourth-order valence-electron chi connectivity index (χ4n) is 5.24. The minimum atomic E-state index is -4.62. The van der Waals surface area contributed by atoms with Crippen molar-refractivity contribution < 1.29 is 32.7 Å². The lowest BCUT2D eigenvalue weighted by Crippen LogP contribution is -2.54. The van der Waals surface area contributed by atoms with Gasteiger partial charge in [-0.25, -0.2) is 14.8 Å².